The number of thiophene rings is 1. The van der Waals surface area contributed by atoms with Crippen LogP contribution < -0.4 is 5.73 Å². The van der Waals surface area contributed by atoms with Crippen molar-refractivity contribution in [3.05, 3.63) is 27.6 Å². The third-order valence-corrected chi connectivity index (χ3v) is 3.34. The zero-order chi connectivity index (χ0) is 12.4. The van der Waals surface area contributed by atoms with Crippen LogP contribution in [0.2, 0.25) is 0 Å². The minimum atomic E-state index is 0.446. The van der Waals surface area contributed by atoms with Crippen molar-refractivity contribution >= 4 is 17.2 Å². The standard InChI is InChI=1S/C12H15N3OS/c1-7-4-10(8(2)17-7)12-14-9(6-16-3)5-11(13)15-12/h4-5H,6H2,1-3H3,(H2,13,14,15). The molecule has 2 N–H and O–H groups in total. The van der Waals surface area contributed by atoms with Crippen LogP contribution in [0.4, 0.5) is 5.82 Å². The summed E-state index contributed by atoms with van der Waals surface area (Å²) in [6.45, 7) is 4.58. The minimum absolute atomic E-state index is 0.446. The molecule has 0 bridgehead atoms. The van der Waals surface area contributed by atoms with Crippen molar-refractivity contribution in [3.63, 3.8) is 0 Å². The van der Waals surface area contributed by atoms with E-state index in [1.54, 1.807) is 24.5 Å². The maximum absolute atomic E-state index is 5.78. The molecule has 0 atom stereocenters. The zero-order valence-corrected chi connectivity index (χ0v) is 11.0. The van der Waals surface area contributed by atoms with Gasteiger partial charge in [-0.1, -0.05) is 0 Å². The molecule has 2 aromatic heterocycles. The van der Waals surface area contributed by atoms with Gasteiger partial charge in [-0.3, -0.25) is 0 Å². The molecule has 4 nitrogen and oxygen atoms in total. The Kier molecular flexibility index (Phi) is 3.40. The number of aryl methyl sites for hydroxylation is 2. The van der Waals surface area contributed by atoms with E-state index >= 15 is 0 Å². The molecule has 0 unspecified atom stereocenters. The highest BCUT2D eigenvalue weighted by Crippen LogP contribution is 2.28. The second-order valence-corrected chi connectivity index (χ2v) is 5.33. The van der Waals surface area contributed by atoms with E-state index < -0.39 is 0 Å². The summed E-state index contributed by atoms with van der Waals surface area (Å²) in [5, 5.41) is 0. The molecular weight excluding hydrogens is 234 g/mol. The van der Waals surface area contributed by atoms with Crippen molar-refractivity contribution in [2.45, 2.75) is 20.5 Å². The van der Waals surface area contributed by atoms with E-state index in [-0.39, 0.29) is 0 Å². The van der Waals surface area contributed by atoms with Crippen LogP contribution in [0.5, 0.6) is 0 Å². The molecule has 2 rings (SSSR count). The summed E-state index contributed by atoms with van der Waals surface area (Å²) in [5.74, 6) is 1.16. The van der Waals surface area contributed by atoms with E-state index in [9.17, 15) is 0 Å². The lowest BCUT2D eigenvalue weighted by molar-refractivity contribution is 0.181. The molecule has 0 fully saturated rings. The van der Waals surface area contributed by atoms with Crippen LogP contribution in [0, 0.1) is 13.8 Å². The van der Waals surface area contributed by atoms with E-state index in [1.807, 2.05) is 0 Å². The van der Waals surface area contributed by atoms with Crippen molar-refractivity contribution in [3.8, 4) is 11.4 Å². The number of nitrogens with two attached hydrogens (primary N) is 1. The van der Waals surface area contributed by atoms with Gasteiger partial charge in [-0.05, 0) is 19.9 Å². The molecule has 0 aromatic carbocycles. The Bertz CT molecular complexity index is 537. The molecule has 2 aromatic rings. The van der Waals surface area contributed by atoms with Crippen LogP contribution in [0.25, 0.3) is 11.4 Å². The van der Waals surface area contributed by atoms with Gasteiger partial charge in [0, 0.05) is 28.5 Å². The summed E-state index contributed by atoms with van der Waals surface area (Å²) in [4.78, 5) is 11.2. The van der Waals surface area contributed by atoms with Gasteiger partial charge in [0.25, 0.3) is 0 Å². The first-order valence-electron chi connectivity index (χ1n) is 5.30. The first-order chi connectivity index (χ1) is 8.10. The number of nitrogen functional groups attached to an aromatic ring is 1. The fourth-order valence-corrected chi connectivity index (χ4v) is 2.63. The average molecular weight is 249 g/mol. The zero-order valence-electron chi connectivity index (χ0n) is 10.2. The van der Waals surface area contributed by atoms with Gasteiger partial charge in [-0.2, -0.15) is 0 Å². The van der Waals surface area contributed by atoms with Crippen molar-refractivity contribution in [1.82, 2.24) is 9.97 Å². The number of methoxy groups -OCH3 is 1. The number of anilines is 1. The number of nitrogens with zero attached hydrogens (tertiary/aromatic N) is 2. The Labute approximate surface area is 104 Å². The maximum atomic E-state index is 5.78. The molecule has 0 spiro atoms. The molecule has 0 saturated carbocycles. The first-order valence-corrected chi connectivity index (χ1v) is 6.11. The third-order valence-electron chi connectivity index (χ3n) is 2.37. The van der Waals surface area contributed by atoms with E-state index in [0.29, 0.717) is 18.2 Å². The normalized spacial score (nSPS) is 10.8. The lowest BCUT2D eigenvalue weighted by Gasteiger charge is -2.04. The topological polar surface area (TPSA) is 61.0 Å². The van der Waals surface area contributed by atoms with Crippen LogP contribution in [-0.4, -0.2) is 17.1 Å². The molecule has 90 valence electrons. The van der Waals surface area contributed by atoms with Gasteiger partial charge in [0.2, 0.25) is 0 Å². The molecule has 5 heteroatoms. The molecule has 0 aliphatic heterocycles. The average Bonchev–Trinajstić information content (AvgIpc) is 2.57. The smallest absolute Gasteiger partial charge is 0.162 e. The number of ether oxygens (including phenoxy) is 1. The van der Waals surface area contributed by atoms with Gasteiger partial charge in [-0.15, -0.1) is 11.3 Å². The molecule has 17 heavy (non-hydrogen) atoms. The fraction of sp³-hybridized carbons (Fsp3) is 0.333. The molecule has 0 radical (unpaired) electrons. The van der Waals surface area contributed by atoms with Gasteiger partial charge < -0.3 is 10.5 Å². The van der Waals surface area contributed by atoms with E-state index in [2.05, 4.69) is 29.9 Å². The van der Waals surface area contributed by atoms with Crippen LogP contribution in [-0.2, 0) is 11.3 Å². The molecule has 0 aliphatic rings. The van der Waals surface area contributed by atoms with Crippen LogP contribution in [0.1, 0.15) is 15.4 Å². The fourth-order valence-electron chi connectivity index (χ4n) is 1.71. The highest BCUT2D eigenvalue weighted by molar-refractivity contribution is 7.12. The van der Waals surface area contributed by atoms with Crippen LogP contribution in [0.15, 0.2) is 12.1 Å². The predicted molar refractivity (Wildman–Crippen MR) is 69.9 cm³/mol. The summed E-state index contributed by atoms with van der Waals surface area (Å²) in [6.07, 6.45) is 0. The SMILES string of the molecule is COCc1cc(N)nc(-c2cc(C)sc2C)n1. The van der Waals surface area contributed by atoms with E-state index in [4.69, 9.17) is 10.5 Å². The summed E-state index contributed by atoms with van der Waals surface area (Å²) in [5.41, 5.74) is 7.64. The third kappa shape index (κ3) is 2.62. The highest BCUT2D eigenvalue weighted by atomic mass is 32.1. The minimum Gasteiger partial charge on any atom is -0.384 e. The lowest BCUT2D eigenvalue weighted by Crippen LogP contribution is -2.01. The first kappa shape index (κ1) is 12.0. The number of rotatable bonds is 3. The second kappa shape index (κ2) is 4.81. The Morgan fingerprint density at radius 2 is 2.06 bits per heavy atom. The van der Waals surface area contributed by atoms with Crippen molar-refractivity contribution < 1.29 is 4.74 Å². The Balaban J connectivity index is 2.48. The predicted octanol–water partition coefficient (Wildman–Crippen LogP) is 2.55. The van der Waals surface area contributed by atoms with E-state index in [0.717, 1.165) is 11.3 Å². The largest absolute Gasteiger partial charge is 0.384 e. The van der Waals surface area contributed by atoms with Gasteiger partial charge in [0.15, 0.2) is 5.82 Å². The van der Waals surface area contributed by atoms with Crippen molar-refractivity contribution in [1.29, 1.82) is 0 Å². The summed E-state index contributed by atoms with van der Waals surface area (Å²) < 4.78 is 5.07. The Morgan fingerprint density at radius 1 is 1.29 bits per heavy atom. The van der Waals surface area contributed by atoms with Crippen molar-refractivity contribution in [2.75, 3.05) is 12.8 Å². The van der Waals surface area contributed by atoms with Gasteiger partial charge >= 0.3 is 0 Å². The summed E-state index contributed by atoms with van der Waals surface area (Å²) in [7, 11) is 1.64. The van der Waals surface area contributed by atoms with Gasteiger partial charge in [-0.25, -0.2) is 9.97 Å². The highest BCUT2D eigenvalue weighted by Gasteiger charge is 2.10. The molecule has 2 heterocycles. The molecule has 0 saturated heterocycles. The molecule has 0 aliphatic carbocycles. The van der Waals surface area contributed by atoms with E-state index in [1.165, 1.54) is 9.75 Å². The number of hydrogen-bond donors (Lipinski definition) is 1. The summed E-state index contributed by atoms with van der Waals surface area (Å²) >= 11 is 1.74. The Morgan fingerprint density at radius 3 is 2.65 bits per heavy atom. The monoisotopic (exact) mass is 249 g/mol. The maximum Gasteiger partial charge on any atom is 0.162 e. The van der Waals surface area contributed by atoms with Crippen LogP contribution in [0.3, 0.4) is 0 Å². The number of aromatic nitrogens is 2. The van der Waals surface area contributed by atoms with Crippen molar-refractivity contribution in [2.24, 2.45) is 0 Å². The van der Waals surface area contributed by atoms with Gasteiger partial charge in [0.1, 0.15) is 5.82 Å². The van der Waals surface area contributed by atoms with Crippen LogP contribution >= 0.6 is 11.3 Å². The Hall–Kier alpha value is -1.46. The quantitative estimate of drug-likeness (QED) is 0.908. The lowest BCUT2D eigenvalue weighted by atomic mass is 10.2. The molecule has 0 amide bonds. The number of hydrogen-bond acceptors (Lipinski definition) is 5. The molecular formula is C12H15N3OS. The van der Waals surface area contributed by atoms with Gasteiger partial charge in [0.05, 0.1) is 12.3 Å². The second-order valence-electron chi connectivity index (χ2n) is 3.87. The summed E-state index contributed by atoms with van der Waals surface area (Å²) in [6, 6.07) is 3.83.